The van der Waals surface area contributed by atoms with Gasteiger partial charge in [-0.1, -0.05) is 13.8 Å². The first-order valence-electron chi connectivity index (χ1n) is 3.81. The summed E-state index contributed by atoms with van der Waals surface area (Å²) in [6, 6.07) is 0.597. The van der Waals surface area contributed by atoms with E-state index in [1.165, 1.54) is 12.8 Å². The number of carbonyl (C=O) groups is 1. The molecule has 1 fully saturated rings. The van der Waals surface area contributed by atoms with Crippen molar-refractivity contribution in [1.29, 1.82) is 0 Å². The monoisotopic (exact) mass is 141 g/mol. The van der Waals surface area contributed by atoms with Crippen molar-refractivity contribution in [3.05, 3.63) is 0 Å². The van der Waals surface area contributed by atoms with Crippen LogP contribution in [0.3, 0.4) is 0 Å². The third-order valence-corrected chi connectivity index (χ3v) is 2.09. The minimum absolute atomic E-state index is 0.514. The molecule has 10 heavy (non-hydrogen) atoms. The third kappa shape index (κ3) is 1.81. The average molecular weight is 141 g/mol. The van der Waals surface area contributed by atoms with Crippen LogP contribution in [0.5, 0.6) is 0 Å². The van der Waals surface area contributed by atoms with Crippen molar-refractivity contribution in [1.82, 2.24) is 5.32 Å². The molecule has 0 atom stereocenters. The van der Waals surface area contributed by atoms with Crippen molar-refractivity contribution in [3.63, 3.8) is 0 Å². The Morgan fingerprint density at radius 1 is 1.60 bits per heavy atom. The molecule has 0 unspecified atom stereocenters. The zero-order valence-electron chi connectivity index (χ0n) is 6.68. The van der Waals surface area contributed by atoms with E-state index in [4.69, 9.17) is 0 Å². The summed E-state index contributed by atoms with van der Waals surface area (Å²) in [7, 11) is 0. The standard InChI is InChI=1S/C8H15NO/c1-8(2)5-7(6-8)9-3-4-10/h4,7,9H,3,5-6H2,1-2H3. The van der Waals surface area contributed by atoms with Crippen molar-refractivity contribution in [2.45, 2.75) is 32.7 Å². The summed E-state index contributed by atoms with van der Waals surface area (Å²) in [5.74, 6) is 0. The molecule has 1 N–H and O–H groups in total. The zero-order chi connectivity index (χ0) is 7.61. The Bertz CT molecular complexity index is 123. The van der Waals surface area contributed by atoms with Crippen LogP contribution in [-0.4, -0.2) is 18.9 Å². The van der Waals surface area contributed by atoms with Crippen LogP contribution >= 0.6 is 0 Å². The van der Waals surface area contributed by atoms with Gasteiger partial charge in [-0.2, -0.15) is 0 Å². The summed E-state index contributed by atoms with van der Waals surface area (Å²) in [5.41, 5.74) is 0.514. The lowest BCUT2D eigenvalue weighted by Crippen LogP contribution is -2.46. The fourth-order valence-electron chi connectivity index (χ4n) is 1.63. The van der Waals surface area contributed by atoms with E-state index in [9.17, 15) is 4.79 Å². The van der Waals surface area contributed by atoms with E-state index >= 15 is 0 Å². The number of hydrogen-bond donors (Lipinski definition) is 1. The Labute approximate surface area is 62.0 Å². The minimum atomic E-state index is 0.514. The maximum absolute atomic E-state index is 9.95. The molecule has 0 aromatic heterocycles. The highest BCUT2D eigenvalue weighted by atomic mass is 16.1. The quantitative estimate of drug-likeness (QED) is 0.593. The molecule has 1 saturated carbocycles. The first-order valence-corrected chi connectivity index (χ1v) is 3.81. The van der Waals surface area contributed by atoms with Gasteiger partial charge >= 0.3 is 0 Å². The maximum atomic E-state index is 9.95. The molecule has 0 spiro atoms. The number of hydrogen-bond acceptors (Lipinski definition) is 2. The van der Waals surface area contributed by atoms with Crippen molar-refractivity contribution in [3.8, 4) is 0 Å². The second-order valence-corrected chi connectivity index (χ2v) is 3.84. The number of nitrogens with one attached hydrogen (secondary N) is 1. The smallest absolute Gasteiger partial charge is 0.133 e. The summed E-state index contributed by atoms with van der Waals surface area (Å²) >= 11 is 0. The van der Waals surface area contributed by atoms with Crippen LogP contribution in [0.2, 0.25) is 0 Å². The molecule has 58 valence electrons. The van der Waals surface area contributed by atoms with Gasteiger partial charge in [0.05, 0.1) is 6.54 Å². The van der Waals surface area contributed by atoms with Gasteiger partial charge in [-0.25, -0.2) is 0 Å². The van der Waals surface area contributed by atoms with Crippen LogP contribution in [-0.2, 0) is 4.79 Å². The van der Waals surface area contributed by atoms with Gasteiger partial charge in [0.2, 0.25) is 0 Å². The summed E-state index contributed by atoms with van der Waals surface area (Å²) in [6.45, 7) is 5.03. The Kier molecular flexibility index (Phi) is 2.09. The van der Waals surface area contributed by atoms with E-state index in [1.54, 1.807) is 0 Å². The van der Waals surface area contributed by atoms with E-state index in [2.05, 4.69) is 19.2 Å². The lowest BCUT2D eigenvalue weighted by Gasteiger charge is -2.42. The second kappa shape index (κ2) is 2.70. The van der Waals surface area contributed by atoms with Crippen LogP contribution in [0.1, 0.15) is 26.7 Å². The molecule has 0 bridgehead atoms. The Morgan fingerprint density at radius 3 is 2.60 bits per heavy atom. The maximum Gasteiger partial charge on any atom is 0.133 e. The van der Waals surface area contributed by atoms with Gasteiger partial charge in [0.25, 0.3) is 0 Å². The van der Waals surface area contributed by atoms with Gasteiger partial charge in [0.15, 0.2) is 0 Å². The van der Waals surface area contributed by atoms with Crippen molar-refractivity contribution in [2.24, 2.45) is 5.41 Å². The highest BCUT2D eigenvalue weighted by molar-refractivity contribution is 5.51. The SMILES string of the molecule is CC1(C)CC(NCC=O)C1. The van der Waals surface area contributed by atoms with E-state index in [0.29, 0.717) is 18.0 Å². The fraction of sp³-hybridized carbons (Fsp3) is 0.875. The van der Waals surface area contributed by atoms with E-state index in [1.807, 2.05) is 0 Å². The van der Waals surface area contributed by atoms with Crippen LogP contribution < -0.4 is 5.32 Å². The summed E-state index contributed by atoms with van der Waals surface area (Å²) in [6.07, 6.45) is 3.34. The molecule has 1 rings (SSSR count). The lowest BCUT2D eigenvalue weighted by atomic mass is 9.68. The molecular formula is C8H15NO. The normalized spacial score (nSPS) is 23.8. The number of rotatable bonds is 3. The predicted octanol–water partition coefficient (Wildman–Crippen LogP) is 0.964. The average Bonchev–Trinajstić information content (AvgIpc) is 1.78. The molecular weight excluding hydrogens is 126 g/mol. The summed E-state index contributed by atoms with van der Waals surface area (Å²) in [5, 5.41) is 3.16. The lowest BCUT2D eigenvalue weighted by molar-refractivity contribution is -0.107. The van der Waals surface area contributed by atoms with Crippen LogP contribution in [0, 0.1) is 5.41 Å². The zero-order valence-corrected chi connectivity index (χ0v) is 6.68. The number of carbonyl (C=O) groups excluding carboxylic acids is 1. The fourth-order valence-corrected chi connectivity index (χ4v) is 1.63. The van der Waals surface area contributed by atoms with E-state index < -0.39 is 0 Å². The molecule has 0 aromatic rings. The van der Waals surface area contributed by atoms with Gasteiger partial charge in [-0.3, -0.25) is 0 Å². The molecule has 0 radical (unpaired) electrons. The van der Waals surface area contributed by atoms with Gasteiger partial charge in [-0.15, -0.1) is 0 Å². The van der Waals surface area contributed by atoms with Crippen molar-refractivity contribution >= 4 is 6.29 Å². The van der Waals surface area contributed by atoms with Crippen molar-refractivity contribution in [2.75, 3.05) is 6.54 Å². The van der Waals surface area contributed by atoms with Gasteiger partial charge < -0.3 is 10.1 Å². The predicted molar refractivity (Wildman–Crippen MR) is 40.9 cm³/mol. The first-order chi connectivity index (χ1) is 4.64. The van der Waals surface area contributed by atoms with E-state index in [-0.39, 0.29) is 0 Å². The molecule has 1 aliphatic rings. The Morgan fingerprint density at radius 2 is 2.20 bits per heavy atom. The highest BCUT2D eigenvalue weighted by Gasteiger charge is 2.35. The van der Waals surface area contributed by atoms with Crippen LogP contribution in [0.15, 0.2) is 0 Å². The summed E-state index contributed by atoms with van der Waals surface area (Å²) in [4.78, 5) is 9.95. The molecule has 0 heterocycles. The van der Waals surface area contributed by atoms with E-state index in [0.717, 1.165) is 6.29 Å². The minimum Gasteiger partial charge on any atom is -0.307 e. The van der Waals surface area contributed by atoms with Gasteiger partial charge in [-0.05, 0) is 18.3 Å². The molecule has 0 amide bonds. The topological polar surface area (TPSA) is 29.1 Å². The Balaban J connectivity index is 2.08. The van der Waals surface area contributed by atoms with Crippen LogP contribution in [0.25, 0.3) is 0 Å². The first kappa shape index (κ1) is 7.73. The third-order valence-electron chi connectivity index (χ3n) is 2.09. The molecule has 2 heteroatoms. The van der Waals surface area contributed by atoms with Gasteiger partial charge in [0.1, 0.15) is 6.29 Å². The molecule has 0 saturated heterocycles. The molecule has 0 aromatic carbocycles. The number of aldehydes is 1. The largest absolute Gasteiger partial charge is 0.307 e. The van der Waals surface area contributed by atoms with Crippen molar-refractivity contribution < 1.29 is 4.79 Å². The Hall–Kier alpha value is -0.370. The second-order valence-electron chi connectivity index (χ2n) is 3.84. The van der Waals surface area contributed by atoms with Gasteiger partial charge in [0, 0.05) is 6.04 Å². The molecule has 0 aliphatic heterocycles. The summed E-state index contributed by atoms with van der Waals surface area (Å²) < 4.78 is 0. The highest BCUT2D eigenvalue weighted by Crippen LogP contribution is 2.39. The van der Waals surface area contributed by atoms with Crippen LogP contribution in [0.4, 0.5) is 0 Å². The molecule has 1 aliphatic carbocycles. The molecule has 2 nitrogen and oxygen atoms in total.